The standard InChI is InChI=1S/C12H22O2/c1-12(2,14-3)8-7-11(13)9-10-5-4-6-10/h10H,4-9H2,1-3H3. The molecule has 1 aliphatic rings. The molecule has 0 aromatic heterocycles. The summed E-state index contributed by atoms with van der Waals surface area (Å²) in [5.74, 6) is 1.12. The Balaban J connectivity index is 2.13. The molecule has 0 atom stereocenters. The zero-order valence-corrected chi connectivity index (χ0v) is 9.64. The van der Waals surface area contributed by atoms with Gasteiger partial charge in [-0.2, -0.15) is 0 Å². The summed E-state index contributed by atoms with van der Waals surface area (Å²) in [5.41, 5.74) is -0.144. The second kappa shape index (κ2) is 4.92. The van der Waals surface area contributed by atoms with Gasteiger partial charge in [-0.1, -0.05) is 19.3 Å². The first-order chi connectivity index (χ1) is 6.53. The number of hydrogen-bond acceptors (Lipinski definition) is 2. The summed E-state index contributed by atoms with van der Waals surface area (Å²) in [6.45, 7) is 4.06. The van der Waals surface area contributed by atoms with Crippen molar-refractivity contribution in [1.82, 2.24) is 0 Å². The summed E-state index contributed by atoms with van der Waals surface area (Å²) >= 11 is 0. The van der Waals surface area contributed by atoms with Crippen LogP contribution in [0.15, 0.2) is 0 Å². The Kier molecular flexibility index (Phi) is 4.11. The number of carbonyl (C=O) groups excluding carboxylic acids is 1. The minimum Gasteiger partial charge on any atom is -0.379 e. The molecule has 0 bridgehead atoms. The molecule has 0 aromatic rings. The molecule has 82 valence electrons. The van der Waals surface area contributed by atoms with E-state index in [0.717, 1.165) is 12.8 Å². The van der Waals surface area contributed by atoms with Gasteiger partial charge in [-0.25, -0.2) is 0 Å². The zero-order valence-electron chi connectivity index (χ0n) is 9.64. The molecule has 0 amide bonds. The van der Waals surface area contributed by atoms with E-state index in [2.05, 4.69) is 0 Å². The first-order valence-electron chi connectivity index (χ1n) is 5.60. The highest BCUT2D eigenvalue weighted by Crippen LogP contribution is 2.30. The predicted molar refractivity (Wildman–Crippen MR) is 57.3 cm³/mol. The summed E-state index contributed by atoms with van der Waals surface area (Å²) in [6.07, 6.45) is 6.17. The molecule has 1 saturated carbocycles. The predicted octanol–water partition coefficient (Wildman–Crippen LogP) is 2.95. The highest BCUT2D eigenvalue weighted by atomic mass is 16.5. The van der Waals surface area contributed by atoms with Crippen molar-refractivity contribution in [3.05, 3.63) is 0 Å². The average molecular weight is 198 g/mol. The third-order valence-corrected chi connectivity index (χ3v) is 3.30. The second-order valence-electron chi connectivity index (χ2n) is 5.00. The first-order valence-corrected chi connectivity index (χ1v) is 5.60. The third-order valence-electron chi connectivity index (χ3n) is 3.30. The van der Waals surface area contributed by atoms with Crippen LogP contribution in [0.25, 0.3) is 0 Å². The molecule has 0 aromatic carbocycles. The topological polar surface area (TPSA) is 26.3 Å². The normalized spacial score (nSPS) is 17.9. The average Bonchev–Trinajstić information content (AvgIpc) is 2.08. The van der Waals surface area contributed by atoms with E-state index < -0.39 is 0 Å². The van der Waals surface area contributed by atoms with Gasteiger partial charge in [0.25, 0.3) is 0 Å². The lowest BCUT2D eigenvalue weighted by molar-refractivity contribution is -0.121. The molecule has 1 fully saturated rings. The van der Waals surface area contributed by atoms with Crippen molar-refractivity contribution in [3.8, 4) is 0 Å². The van der Waals surface area contributed by atoms with E-state index in [1.165, 1.54) is 19.3 Å². The minimum atomic E-state index is -0.144. The van der Waals surface area contributed by atoms with Gasteiger partial charge in [-0.05, 0) is 26.2 Å². The van der Waals surface area contributed by atoms with Gasteiger partial charge in [-0.15, -0.1) is 0 Å². The molecule has 0 aliphatic heterocycles. The largest absolute Gasteiger partial charge is 0.379 e. The van der Waals surface area contributed by atoms with Crippen LogP contribution in [0.5, 0.6) is 0 Å². The number of hydrogen-bond donors (Lipinski definition) is 0. The molecular weight excluding hydrogens is 176 g/mol. The highest BCUT2D eigenvalue weighted by Gasteiger charge is 2.22. The van der Waals surface area contributed by atoms with Gasteiger partial charge in [0.2, 0.25) is 0 Å². The lowest BCUT2D eigenvalue weighted by atomic mass is 9.81. The fraction of sp³-hybridized carbons (Fsp3) is 0.917. The molecule has 1 aliphatic carbocycles. The van der Waals surface area contributed by atoms with E-state index in [9.17, 15) is 4.79 Å². The fourth-order valence-electron chi connectivity index (χ4n) is 1.66. The molecule has 14 heavy (non-hydrogen) atoms. The molecule has 0 N–H and O–H groups in total. The Labute approximate surface area is 87.0 Å². The molecule has 0 heterocycles. The molecule has 1 rings (SSSR count). The lowest BCUT2D eigenvalue weighted by Crippen LogP contribution is -2.24. The van der Waals surface area contributed by atoms with Crippen molar-refractivity contribution < 1.29 is 9.53 Å². The quantitative estimate of drug-likeness (QED) is 0.656. The first kappa shape index (κ1) is 11.7. The van der Waals surface area contributed by atoms with Crippen LogP contribution in [0.1, 0.15) is 52.4 Å². The van der Waals surface area contributed by atoms with Gasteiger partial charge in [0.15, 0.2) is 0 Å². The Morgan fingerprint density at radius 2 is 2.07 bits per heavy atom. The van der Waals surface area contributed by atoms with E-state index in [-0.39, 0.29) is 5.60 Å². The van der Waals surface area contributed by atoms with Gasteiger partial charge >= 0.3 is 0 Å². The summed E-state index contributed by atoms with van der Waals surface area (Å²) in [5, 5.41) is 0. The van der Waals surface area contributed by atoms with Crippen molar-refractivity contribution in [1.29, 1.82) is 0 Å². The van der Waals surface area contributed by atoms with Crippen LogP contribution in [0, 0.1) is 5.92 Å². The zero-order chi connectivity index (χ0) is 10.6. The van der Waals surface area contributed by atoms with Crippen molar-refractivity contribution in [2.75, 3.05) is 7.11 Å². The number of ether oxygens (including phenoxy) is 1. The van der Waals surface area contributed by atoms with E-state index in [1.807, 2.05) is 13.8 Å². The maximum Gasteiger partial charge on any atom is 0.133 e. The lowest BCUT2D eigenvalue weighted by Gasteiger charge is -2.26. The number of rotatable bonds is 6. The Morgan fingerprint density at radius 1 is 1.43 bits per heavy atom. The third kappa shape index (κ3) is 3.79. The monoisotopic (exact) mass is 198 g/mol. The molecule has 0 spiro atoms. The van der Waals surface area contributed by atoms with Crippen molar-refractivity contribution in [3.63, 3.8) is 0 Å². The number of ketones is 1. The van der Waals surface area contributed by atoms with Crippen LogP contribution in [0.2, 0.25) is 0 Å². The molecule has 2 heteroatoms. The van der Waals surface area contributed by atoms with Crippen molar-refractivity contribution in [2.45, 2.75) is 58.0 Å². The maximum atomic E-state index is 11.6. The summed E-state index contributed by atoms with van der Waals surface area (Å²) in [6, 6.07) is 0. The van der Waals surface area contributed by atoms with E-state index >= 15 is 0 Å². The van der Waals surface area contributed by atoms with Crippen LogP contribution in [-0.2, 0) is 9.53 Å². The Bertz CT molecular complexity index is 192. The van der Waals surface area contributed by atoms with Crippen LogP contribution in [0.3, 0.4) is 0 Å². The Hall–Kier alpha value is -0.370. The summed E-state index contributed by atoms with van der Waals surface area (Å²) < 4.78 is 5.28. The van der Waals surface area contributed by atoms with Crippen LogP contribution < -0.4 is 0 Å². The molecular formula is C12H22O2. The Morgan fingerprint density at radius 3 is 2.50 bits per heavy atom. The molecule has 2 nitrogen and oxygen atoms in total. The van der Waals surface area contributed by atoms with Crippen LogP contribution >= 0.6 is 0 Å². The second-order valence-corrected chi connectivity index (χ2v) is 5.00. The summed E-state index contributed by atoms with van der Waals surface area (Å²) in [4.78, 5) is 11.6. The van der Waals surface area contributed by atoms with Gasteiger partial charge in [0, 0.05) is 20.0 Å². The number of carbonyl (C=O) groups is 1. The van der Waals surface area contributed by atoms with Crippen molar-refractivity contribution in [2.24, 2.45) is 5.92 Å². The van der Waals surface area contributed by atoms with Gasteiger partial charge < -0.3 is 4.74 Å². The number of Topliss-reactive ketones (excluding diaryl/α,β-unsaturated/α-hetero) is 1. The van der Waals surface area contributed by atoms with E-state index in [0.29, 0.717) is 18.1 Å². The summed E-state index contributed by atoms with van der Waals surface area (Å²) in [7, 11) is 1.70. The highest BCUT2D eigenvalue weighted by molar-refractivity contribution is 5.78. The van der Waals surface area contributed by atoms with Crippen LogP contribution in [0.4, 0.5) is 0 Å². The van der Waals surface area contributed by atoms with Crippen molar-refractivity contribution >= 4 is 5.78 Å². The van der Waals surface area contributed by atoms with E-state index in [1.54, 1.807) is 7.11 Å². The fourth-order valence-corrected chi connectivity index (χ4v) is 1.66. The number of methoxy groups -OCH3 is 1. The SMILES string of the molecule is COC(C)(C)CCC(=O)CC1CCC1. The maximum absolute atomic E-state index is 11.6. The molecule has 0 radical (unpaired) electrons. The van der Waals surface area contributed by atoms with Crippen LogP contribution in [-0.4, -0.2) is 18.5 Å². The minimum absolute atomic E-state index is 0.144. The smallest absolute Gasteiger partial charge is 0.133 e. The van der Waals surface area contributed by atoms with Gasteiger partial charge in [0.05, 0.1) is 5.60 Å². The van der Waals surface area contributed by atoms with Gasteiger partial charge in [-0.3, -0.25) is 4.79 Å². The molecule has 0 saturated heterocycles. The van der Waals surface area contributed by atoms with E-state index in [4.69, 9.17) is 4.74 Å². The van der Waals surface area contributed by atoms with Gasteiger partial charge in [0.1, 0.15) is 5.78 Å². The molecule has 0 unspecified atom stereocenters.